The van der Waals surface area contributed by atoms with Gasteiger partial charge in [-0.05, 0) is 49.1 Å². The monoisotopic (exact) mass is 319 g/mol. The fraction of sp³-hybridized carbons (Fsp3) is 0.333. The highest BCUT2D eigenvalue weighted by atomic mass is 32.2. The number of hydrogen-bond acceptors (Lipinski definition) is 5. The fourth-order valence-corrected chi connectivity index (χ4v) is 3.29. The van der Waals surface area contributed by atoms with Crippen molar-refractivity contribution in [3.05, 3.63) is 28.8 Å². The van der Waals surface area contributed by atoms with Crippen molar-refractivity contribution in [1.29, 1.82) is 0 Å². The number of nitrogens with one attached hydrogen (secondary N) is 2. The number of amides is 2. The Labute approximate surface area is 132 Å². The lowest BCUT2D eigenvalue weighted by atomic mass is 9.94. The Bertz CT molecular complexity index is 658. The van der Waals surface area contributed by atoms with Crippen LogP contribution >= 0.6 is 11.8 Å². The summed E-state index contributed by atoms with van der Waals surface area (Å²) in [5.41, 5.74) is 7.48. The van der Waals surface area contributed by atoms with E-state index in [1.54, 1.807) is 0 Å². The standard InChI is InChI=1S/C14H15N3O2S.CH2O/c1-7-5-10(13-8(2)20-14(19)17-16-13)6-9-3-4-11(18)15-12(7)9;1-2/h5-6,8H,3-4H2,1-2H3,(H,15,18)(H,17,19);1H2. The number of fused-ring (bicyclic) bond motifs is 1. The number of nitrogens with zero attached hydrogens (tertiary/aromatic N) is 1. The topological polar surface area (TPSA) is 87.6 Å². The van der Waals surface area contributed by atoms with Crippen LogP contribution < -0.4 is 10.7 Å². The van der Waals surface area contributed by atoms with E-state index in [-0.39, 0.29) is 16.4 Å². The van der Waals surface area contributed by atoms with Gasteiger partial charge >= 0.3 is 0 Å². The fourth-order valence-electron chi connectivity index (χ4n) is 2.57. The molecule has 1 aromatic carbocycles. The summed E-state index contributed by atoms with van der Waals surface area (Å²) < 4.78 is 0. The maximum Gasteiger partial charge on any atom is 0.299 e. The maximum atomic E-state index is 11.5. The molecular weight excluding hydrogens is 302 g/mol. The van der Waals surface area contributed by atoms with Gasteiger partial charge in [-0.1, -0.05) is 11.8 Å². The zero-order valence-electron chi connectivity index (χ0n) is 12.4. The van der Waals surface area contributed by atoms with Gasteiger partial charge in [0.2, 0.25) is 5.91 Å². The molecule has 0 aliphatic carbocycles. The van der Waals surface area contributed by atoms with Gasteiger partial charge in [0.1, 0.15) is 6.79 Å². The van der Waals surface area contributed by atoms with Crippen LogP contribution in [0.3, 0.4) is 0 Å². The Balaban J connectivity index is 0.000000847. The second kappa shape index (κ2) is 6.74. The van der Waals surface area contributed by atoms with Crippen LogP contribution in [0.5, 0.6) is 0 Å². The van der Waals surface area contributed by atoms with Gasteiger partial charge in [-0.2, -0.15) is 5.10 Å². The normalized spacial score (nSPS) is 19.9. The highest BCUT2D eigenvalue weighted by Crippen LogP contribution is 2.30. The van der Waals surface area contributed by atoms with Crippen LogP contribution in [0.15, 0.2) is 17.2 Å². The number of carbonyl (C=O) groups excluding carboxylic acids is 3. The van der Waals surface area contributed by atoms with E-state index in [1.807, 2.05) is 26.7 Å². The van der Waals surface area contributed by atoms with Crippen molar-refractivity contribution in [3.8, 4) is 0 Å². The van der Waals surface area contributed by atoms with Crippen LogP contribution in [-0.4, -0.2) is 28.9 Å². The van der Waals surface area contributed by atoms with E-state index in [0.717, 1.165) is 34.5 Å². The summed E-state index contributed by atoms with van der Waals surface area (Å²) in [7, 11) is 0. The lowest BCUT2D eigenvalue weighted by Gasteiger charge is -2.23. The van der Waals surface area contributed by atoms with E-state index in [1.165, 1.54) is 11.8 Å². The molecule has 0 saturated carbocycles. The first kappa shape index (κ1) is 16.2. The van der Waals surface area contributed by atoms with Crippen LogP contribution in [0.25, 0.3) is 0 Å². The third kappa shape index (κ3) is 3.19. The van der Waals surface area contributed by atoms with Gasteiger partial charge in [-0.15, -0.1) is 0 Å². The predicted octanol–water partition coefficient (Wildman–Crippen LogP) is 2.24. The van der Waals surface area contributed by atoms with Gasteiger partial charge in [0, 0.05) is 12.1 Å². The maximum absolute atomic E-state index is 11.5. The second-order valence-electron chi connectivity index (χ2n) is 5.03. The molecule has 3 rings (SSSR count). The van der Waals surface area contributed by atoms with Crippen molar-refractivity contribution in [2.75, 3.05) is 5.32 Å². The van der Waals surface area contributed by atoms with E-state index in [0.29, 0.717) is 6.42 Å². The van der Waals surface area contributed by atoms with E-state index in [4.69, 9.17) is 4.79 Å². The zero-order chi connectivity index (χ0) is 16.3. The van der Waals surface area contributed by atoms with Gasteiger partial charge in [-0.25, -0.2) is 5.43 Å². The molecule has 6 nitrogen and oxygen atoms in total. The summed E-state index contributed by atoms with van der Waals surface area (Å²) in [6.07, 6.45) is 1.26. The highest BCUT2D eigenvalue weighted by molar-refractivity contribution is 8.14. The van der Waals surface area contributed by atoms with Crippen molar-refractivity contribution in [2.45, 2.75) is 31.9 Å². The molecule has 0 spiro atoms. The quantitative estimate of drug-likeness (QED) is 0.831. The molecule has 2 N–H and O–H groups in total. The number of benzene rings is 1. The molecule has 2 heterocycles. The number of hydrogen-bond donors (Lipinski definition) is 2. The molecule has 0 saturated heterocycles. The SMILES string of the molecule is C=O.Cc1cc(C2=NNC(=O)SC2C)cc2c1NC(=O)CC2. The van der Waals surface area contributed by atoms with Gasteiger partial charge in [0.15, 0.2) is 0 Å². The van der Waals surface area contributed by atoms with Gasteiger partial charge in [-0.3, -0.25) is 9.59 Å². The summed E-state index contributed by atoms with van der Waals surface area (Å²) in [6, 6.07) is 4.08. The number of hydrazone groups is 1. The summed E-state index contributed by atoms with van der Waals surface area (Å²) in [6.45, 7) is 5.95. The Hall–Kier alpha value is -2.15. The first-order chi connectivity index (χ1) is 10.5. The van der Waals surface area contributed by atoms with E-state index >= 15 is 0 Å². The Kier molecular flexibility index (Phi) is 4.97. The number of aryl methyl sites for hydroxylation is 2. The van der Waals surface area contributed by atoms with E-state index in [2.05, 4.69) is 21.9 Å². The second-order valence-corrected chi connectivity index (χ2v) is 6.35. The number of rotatable bonds is 1. The molecule has 22 heavy (non-hydrogen) atoms. The molecule has 2 aliphatic rings. The molecule has 0 aromatic heterocycles. The Morgan fingerprint density at radius 2 is 2.00 bits per heavy atom. The largest absolute Gasteiger partial charge is 0.326 e. The highest BCUT2D eigenvalue weighted by Gasteiger charge is 2.25. The molecule has 0 bridgehead atoms. The third-order valence-corrected chi connectivity index (χ3v) is 4.42. The number of carbonyl (C=O) groups is 3. The smallest absolute Gasteiger partial charge is 0.299 e. The van der Waals surface area contributed by atoms with Crippen molar-refractivity contribution in [1.82, 2.24) is 5.43 Å². The molecule has 0 radical (unpaired) electrons. The summed E-state index contributed by atoms with van der Waals surface area (Å²) >= 11 is 1.24. The van der Waals surface area contributed by atoms with Crippen molar-refractivity contribution in [2.24, 2.45) is 5.10 Å². The van der Waals surface area contributed by atoms with Crippen LogP contribution in [0.4, 0.5) is 10.5 Å². The van der Waals surface area contributed by atoms with Crippen molar-refractivity contribution < 1.29 is 14.4 Å². The van der Waals surface area contributed by atoms with E-state index in [9.17, 15) is 9.59 Å². The van der Waals surface area contributed by atoms with Gasteiger partial charge in [0.25, 0.3) is 5.24 Å². The average Bonchev–Trinajstić information content (AvgIpc) is 2.50. The lowest BCUT2D eigenvalue weighted by Crippen LogP contribution is -2.30. The molecule has 0 fully saturated rings. The predicted molar refractivity (Wildman–Crippen MR) is 87.4 cm³/mol. The zero-order valence-corrected chi connectivity index (χ0v) is 13.3. The minimum Gasteiger partial charge on any atom is -0.326 e. The summed E-state index contributed by atoms with van der Waals surface area (Å²) in [5, 5.41) is 7.00. The van der Waals surface area contributed by atoms with Gasteiger partial charge < -0.3 is 10.1 Å². The minimum atomic E-state index is -0.122. The first-order valence-electron chi connectivity index (χ1n) is 6.81. The van der Waals surface area contributed by atoms with Crippen molar-refractivity contribution >= 4 is 41.1 Å². The number of anilines is 1. The molecule has 1 unspecified atom stereocenters. The van der Waals surface area contributed by atoms with Gasteiger partial charge in [0.05, 0.1) is 11.0 Å². The molecule has 2 amide bonds. The van der Waals surface area contributed by atoms with E-state index < -0.39 is 0 Å². The molecule has 116 valence electrons. The Morgan fingerprint density at radius 1 is 1.27 bits per heavy atom. The molecule has 1 aromatic rings. The molecule has 1 atom stereocenters. The van der Waals surface area contributed by atoms with Crippen LogP contribution in [0.2, 0.25) is 0 Å². The van der Waals surface area contributed by atoms with Crippen LogP contribution in [-0.2, 0) is 16.0 Å². The van der Waals surface area contributed by atoms with Crippen LogP contribution in [0, 0.1) is 6.92 Å². The van der Waals surface area contributed by atoms with Crippen molar-refractivity contribution in [3.63, 3.8) is 0 Å². The minimum absolute atomic E-state index is 0.0272. The average molecular weight is 319 g/mol. The molecular formula is C15H17N3O3S. The summed E-state index contributed by atoms with van der Waals surface area (Å²) in [4.78, 5) is 30.8. The first-order valence-corrected chi connectivity index (χ1v) is 7.69. The van der Waals surface area contributed by atoms with Crippen LogP contribution in [0.1, 0.15) is 30.0 Å². The lowest BCUT2D eigenvalue weighted by molar-refractivity contribution is -0.116. The Morgan fingerprint density at radius 3 is 2.68 bits per heavy atom. The summed E-state index contributed by atoms with van der Waals surface area (Å²) in [5.74, 6) is 0.0690. The molecule has 2 aliphatic heterocycles. The molecule has 7 heteroatoms. The number of thioether (sulfide) groups is 1. The third-order valence-electron chi connectivity index (χ3n) is 3.54.